The van der Waals surface area contributed by atoms with E-state index in [0.29, 0.717) is 5.41 Å². The van der Waals surface area contributed by atoms with Gasteiger partial charge in [-0.25, -0.2) is 0 Å². The molecule has 0 saturated heterocycles. The summed E-state index contributed by atoms with van der Waals surface area (Å²) in [4.78, 5) is 0. The molecule has 1 aromatic carbocycles. The van der Waals surface area contributed by atoms with Crippen LogP contribution in [0.2, 0.25) is 0 Å². The van der Waals surface area contributed by atoms with E-state index >= 15 is 0 Å². The van der Waals surface area contributed by atoms with E-state index in [-0.39, 0.29) is 0 Å². The summed E-state index contributed by atoms with van der Waals surface area (Å²) in [5.74, 6) is 0. The van der Waals surface area contributed by atoms with Gasteiger partial charge in [-0.15, -0.1) is 0 Å². The van der Waals surface area contributed by atoms with Gasteiger partial charge in [0.2, 0.25) is 0 Å². The van der Waals surface area contributed by atoms with Gasteiger partial charge < -0.3 is 0 Å². The molecule has 15 heavy (non-hydrogen) atoms. The second kappa shape index (κ2) is 4.02. The first kappa shape index (κ1) is 10.8. The highest BCUT2D eigenvalue weighted by Gasteiger charge is 2.26. The Morgan fingerprint density at radius 2 is 1.80 bits per heavy atom. The Bertz CT molecular complexity index is 374. The first-order valence-corrected chi connectivity index (χ1v) is 5.89. The molecule has 0 saturated carbocycles. The summed E-state index contributed by atoms with van der Waals surface area (Å²) < 4.78 is 0. The van der Waals surface area contributed by atoms with E-state index < -0.39 is 0 Å². The summed E-state index contributed by atoms with van der Waals surface area (Å²) in [6, 6.07) is 10.5. The third-order valence-electron chi connectivity index (χ3n) is 3.14. The largest absolute Gasteiger partial charge is 0.0888 e. The third-order valence-corrected chi connectivity index (χ3v) is 3.50. The standard InChI is InChI=1S/C14H17Cl/c1-14(2)9-8-12(13(15)10-14)11-6-4-3-5-7-11/h3-7H,8-10H2,1-2H3. The van der Waals surface area contributed by atoms with Crippen LogP contribution in [0.25, 0.3) is 5.57 Å². The van der Waals surface area contributed by atoms with Crippen molar-refractivity contribution in [1.82, 2.24) is 0 Å². The molecule has 1 aliphatic carbocycles. The average Bonchev–Trinajstić information content (AvgIpc) is 2.17. The van der Waals surface area contributed by atoms with Crippen molar-refractivity contribution in [3.05, 3.63) is 40.9 Å². The number of allylic oxidation sites excluding steroid dienone is 2. The lowest BCUT2D eigenvalue weighted by molar-refractivity contribution is 0.331. The molecule has 0 heterocycles. The van der Waals surface area contributed by atoms with Crippen molar-refractivity contribution in [2.24, 2.45) is 5.41 Å². The molecule has 0 atom stereocenters. The summed E-state index contributed by atoms with van der Waals surface area (Å²) in [6.07, 6.45) is 3.35. The van der Waals surface area contributed by atoms with Gasteiger partial charge in [0.15, 0.2) is 0 Å². The number of hydrogen-bond donors (Lipinski definition) is 0. The van der Waals surface area contributed by atoms with E-state index in [1.807, 2.05) is 6.07 Å². The minimum atomic E-state index is 0.370. The fourth-order valence-electron chi connectivity index (χ4n) is 2.15. The first-order chi connectivity index (χ1) is 7.08. The second-order valence-corrected chi connectivity index (χ2v) is 5.55. The zero-order chi connectivity index (χ0) is 10.9. The molecule has 1 aliphatic rings. The van der Waals surface area contributed by atoms with Crippen LogP contribution < -0.4 is 0 Å². The minimum absolute atomic E-state index is 0.370. The van der Waals surface area contributed by atoms with Crippen molar-refractivity contribution in [1.29, 1.82) is 0 Å². The van der Waals surface area contributed by atoms with Gasteiger partial charge >= 0.3 is 0 Å². The highest BCUT2D eigenvalue weighted by Crippen LogP contribution is 2.43. The molecule has 0 spiro atoms. The Kier molecular flexibility index (Phi) is 2.88. The van der Waals surface area contributed by atoms with E-state index in [1.165, 1.54) is 17.6 Å². The highest BCUT2D eigenvalue weighted by molar-refractivity contribution is 6.32. The molecular weight excluding hydrogens is 204 g/mol. The lowest BCUT2D eigenvalue weighted by atomic mass is 9.77. The fraction of sp³-hybridized carbons (Fsp3) is 0.429. The zero-order valence-electron chi connectivity index (χ0n) is 9.39. The van der Waals surface area contributed by atoms with E-state index in [1.54, 1.807) is 0 Å². The van der Waals surface area contributed by atoms with Crippen LogP contribution >= 0.6 is 11.6 Å². The third kappa shape index (κ3) is 2.43. The number of hydrogen-bond acceptors (Lipinski definition) is 0. The zero-order valence-corrected chi connectivity index (χ0v) is 10.1. The molecule has 0 nitrogen and oxygen atoms in total. The lowest BCUT2D eigenvalue weighted by Crippen LogP contribution is -2.16. The first-order valence-electron chi connectivity index (χ1n) is 5.51. The van der Waals surface area contributed by atoms with Crippen LogP contribution in [-0.2, 0) is 0 Å². The maximum absolute atomic E-state index is 6.38. The van der Waals surface area contributed by atoms with Crippen molar-refractivity contribution >= 4 is 17.2 Å². The van der Waals surface area contributed by atoms with E-state index in [9.17, 15) is 0 Å². The number of rotatable bonds is 1. The average molecular weight is 221 g/mol. The van der Waals surface area contributed by atoms with Crippen LogP contribution in [0.4, 0.5) is 0 Å². The van der Waals surface area contributed by atoms with Crippen LogP contribution in [0.3, 0.4) is 0 Å². The molecule has 0 fully saturated rings. The van der Waals surface area contributed by atoms with Gasteiger partial charge in [0.25, 0.3) is 0 Å². The smallest absolute Gasteiger partial charge is 0.0224 e. The Morgan fingerprint density at radius 3 is 2.40 bits per heavy atom. The lowest BCUT2D eigenvalue weighted by Gasteiger charge is -2.31. The Morgan fingerprint density at radius 1 is 1.13 bits per heavy atom. The molecule has 0 aromatic heterocycles. The molecule has 0 N–H and O–H groups in total. The molecule has 0 bridgehead atoms. The van der Waals surface area contributed by atoms with Gasteiger partial charge in [-0.2, -0.15) is 0 Å². The van der Waals surface area contributed by atoms with E-state index in [4.69, 9.17) is 11.6 Å². The van der Waals surface area contributed by atoms with Crippen LogP contribution in [0.1, 0.15) is 38.7 Å². The van der Waals surface area contributed by atoms with Crippen LogP contribution in [0, 0.1) is 5.41 Å². The Balaban J connectivity index is 2.32. The molecule has 0 aliphatic heterocycles. The molecule has 0 amide bonds. The summed E-state index contributed by atoms with van der Waals surface area (Å²) in [5.41, 5.74) is 3.00. The van der Waals surface area contributed by atoms with Crippen LogP contribution in [-0.4, -0.2) is 0 Å². The fourth-order valence-corrected chi connectivity index (χ4v) is 2.72. The second-order valence-electron chi connectivity index (χ2n) is 5.09. The molecular formula is C14H17Cl. The molecule has 1 aromatic rings. The van der Waals surface area contributed by atoms with Crippen molar-refractivity contribution in [3.63, 3.8) is 0 Å². The molecule has 80 valence electrons. The SMILES string of the molecule is CC1(C)CCC(c2ccccc2)=C(Cl)C1. The van der Waals surface area contributed by atoms with Gasteiger partial charge in [-0.1, -0.05) is 55.8 Å². The van der Waals surface area contributed by atoms with Gasteiger partial charge in [0, 0.05) is 5.03 Å². The van der Waals surface area contributed by atoms with Crippen molar-refractivity contribution in [2.45, 2.75) is 33.1 Å². The van der Waals surface area contributed by atoms with Crippen LogP contribution in [0.15, 0.2) is 35.4 Å². The summed E-state index contributed by atoms with van der Waals surface area (Å²) in [6.45, 7) is 4.58. The summed E-state index contributed by atoms with van der Waals surface area (Å²) in [5, 5.41) is 1.05. The van der Waals surface area contributed by atoms with Crippen molar-refractivity contribution < 1.29 is 0 Å². The van der Waals surface area contributed by atoms with Crippen LogP contribution in [0.5, 0.6) is 0 Å². The summed E-state index contributed by atoms with van der Waals surface area (Å²) in [7, 11) is 0. The van der Waals surface area contributed by atoms with Gasteiger partial charge in [0.1, 0.15) is 0 Å². The Hall–Kier alpha value is -0.750. The summed E-state index contributed by atoms with van der Waals surface area (Å²) >= 11 is 6.38. The Labute approximate surface area is 97.0 Å². The molecule has 1 heteroatoms. The normalized spacial score (nSPS) is 20.5. The quantitative estimate of drug-likeness (QED) is 0.635. The molecule has 0 radical (unpaired) electrons. The van der Waals surface area contributed by atoms with Crippen molar-refractivity contribution in [3.8, 4) is 0 Å². The van der Waals surface area contributed by atoms with Crippen molar-refractivity contribution in [2.75, 3.05) is 0 Å². The van der Waals surface area contributed by atoms with Gasteiger partial charge in [-0.05, 0) is 35.8 Å². The number of benzene rings is 1. The molecule has 2 rings (SSSR count). The maximum atomic E-state index is 6.38. The monoisotopic (exact) mass is 220 g/mol. The number of halogens is 1. The van der Waals surface area contributed by atoms with E-state index in [0.717, 1.165) is 17.9 Å². The maximum Gasteiger partial charge on any atom is 0.0224 e. The minimum Gasteiger partial charge on any atom is -0.0888 e. The highest BCUT2D eigenvalue weighted by atomic mass is 35.5. The predicted molar refractivity (Wildman–Crippen MR) is 66.8 cm³/mol. The predicted octanol–water partition coefficient (Wildman–Crippen LogP) is 4.85. The van der Waals surface area contributed by atoms with Gasteiger partial charge in [-0.3, -0.25) is 0 Å². The topological polar surface area (TPSA) is 0 Å². The van der Waals surface area contributed by atoms with Gasteiger partial charge in [0.05, 0.1) is 0 Å². The molecule has 0 unspecified atom stereocenters. The van der Waals surface area contributed by atoms with E-state index in [2.05, 4.69) is 38.1 Å².